The standard InChI is InChI=1S/C15H16N2O/c1-3-12-5-4-6-13-7-8-17(15(12)13)10-14-9-11(2)18-16-14/h4-9H,3,10H2,1-2H3. The van der Waals surface area contributed by atoms with Crippen molar-refractivity contribution in [1.82, 2.24) is 9.72 Å². The summed E-state index contributed by atoms with van der Waals surface area (Å²) in [6.45, 7) is 4.87. The Labute approximate surface area is 106 Å². The number of fused-ring (bicyclic) bond motifs is 1. The van der Waals surface area contributed by atoms with Crippen LogP contribution < -0.4 is 0 Å². The highest BCUT2D eigenvalue weighted by Crippen LogP contribution is 2.21. The number of hydrogen-bond donors (Lipinski definition) is 0. The second-order valence-electron chi connectivity index (χ2n) is 4.58. The molecular formula is C15H16N2O. The van der Waals surface area contributed by atoms with Gasteiger partial charge in [-0.2, -0.15) is 0 Å². The lowest BCUT2D eigenvalue weighted by molar-refractivity contribution is 0.389. The Bertz CT molecular complexity index is 679. The molecule has 3 heteroatoms. The molecule has 0 bridgehead atoms. The number of rotatable bonds is 3. The largest absolute Gasteiger partial charge is 0.361 e. The topological polar surface area (TPSA) is 31.0 Å². The molecular weight excluding hydrogens is 224 g/mol. The number of para-hydroxylation sites is 1. The summed E-state index contributed by atoms with van der Waals surface area (Å²) >= 11 is 0. The Balaban J connectivity index is 2.06. The third kappa shape index (κ3) is 1.82. The van der Waals surface area contributed by atoms with Crippen LogP contribution in [0.1, 0.15) is 23.9 Å². The molecule has 18 heavy (non-hydrogen) atoms. The predicted molar refractivity (Wildman–Crippen MR) is 71.7 cm³/mol. The molecule has 2 heterocycles. The van der Waals surface area contributed by atoms with E-state index in [4.69, 9.17) is 4.52 Å². The van der Waals surface area contributed by atoms with Gasteiger partial charge in [-0.05, 0) is 30.4 Å². The van der Waals surface area contributed by atoms with Crippen molar-refractivity contribution in [3.63, 3.8) is 0 Å². The smallest absolute Gasteiger partial charge is 0.133 e. The van der Waals surface area contributed by atoms with Gasteiger partial charge < -0.3 is 9.09 Å². The third-order valence-corrected chi connectivity index (χ3v) is 3.26. The number of nitrogens with zero attached hydrogens (tertiary/aromatic N) is 2. The van der Waals surface area contributed by atoms with Crippen LogP contribution in [-0.4, -0.2) is 9.72 Å². The van der Waals surface area contributed by atoms with E-state index in [1.165, 1.54) is 16.5 Å². The van der Waals surface area contributed by atoms with E-state index in [1.807, 2.05) is 13.0 Å². The van der Waals surface area contributed by atoms with Gasteiger partial charge in [0.05, 0.1) is 12.1 Å². The van der Waals surface area contributed by atoms with Crippen molar-refractivity contribution >= 4 is 10.9 Å². The fraction of sp³-hybridized carbons (Fsp3) is 0.267. The zero-order chi connectivity index (χ0) is 12.5. The van der Waals surface area contributed by atoms with Crippen LogP contribution in [0, 0.1) is 6.92 Å². The summed E-state index contributed by atoms with van der Waals surface area (Å²) in [7, 11) is 0. The average molecular weight is 240 g/mol. The minimum absolute atomic E-state index is 0.762. The van der Waals surface area contributed by atoms with E-state index < -0.39 is 0 Å². The maximum Gasteiger partial charge on any atom is 0.133 e. The maximum atomic E-state index is 5.12. The second-order valence-corrected chi connectivity index (χ2v) is 4.58. The molecule has 0 aliphatic heterocycles. The molecule has 0 spiro atoms. The summed E-state index contributed by atoms with van der Waals surface area (Å²) in [4.78, 5) is 0. The average Bonchev–Trinajstić information content (AvgIpc) is 2.97. The fourth-order valence-electron chi connectivity index (χ4n) is 2.42. The minimum Gasteiger partial charge on any atom is -0.361 e. The van der Waals surface area contributed by atoms with Crippen LogP contribution in [0.3, 0.4) is 0 Å². The van der Waals surface area contributed by atoms with Crippen molar-refractivity contribution in [2.75, 3.05) is 0 Å². The molecule has 0 saturated heterocycles. The first-order valence-electron chi connectivity index (χ1n) is 6.27. The highest BCUT2D eigenvalue weighted by atomic mass is 16.5. The Morgan fingerprint density at radius 2 is 2.17 bits per heavy atom. The van der Waals surface area contributed by atoms with Crippen LogP contribution in [0.5, 0.6) is 0 Å². The monoisotopic (exact) mass is 240 g/mol. The molecule has 92 valence electrons. The van der Waals surface area contributed by atoms with E-state index in [0.29, 0.717) is 0 Å². The summed E-state index contributed by atoms with van der Waals surface area (Å²) in [5.41, 5.74) is 3.65. The minimum atomic E-state index is 0.762. The quantitative estimate of drug-likeness (QED) is 0.701. The van der Waals surface area contributed by atoms with Gasteiger partial charge in [0.15, 0.2) is 0 Å². The van der Waals surface area contributed by atoms with E-state index in [1.54, 1.807) is 0 Å². The molecule has 0 fully saturated rings. The molecule has 0 aliphatic rings. The van der Waals surface area contributed by atoms with Crippen LogP contribution in [0.2, 0.25) is 0 Å². The van der Waals surface area contributed by atoms with Crippen molar-refractivity contribution in [3.8, 4) is 0 Å². The van der Waals surface area contributed by atoms with Crippen molar-refractivity contribution < 1.29 is 4.52 Å². The Hall–Kier alpha value is -2.03. The Morgan fingerprint density at radius 1 is 1.28 bits per heavy atom. The van der Waals surface area contributed by atoms with Crippen LogP contribution in [-0.2, 0) is 13.0 Å². The molecule has 0 aliphatic carbocycles. The lowest BCUT2D eigenvalue weighted by Crippen LogP contribution is -2.00. The summed E-state index contributed by atoms with van der Waals surface area (Å²) in [6, 6.07) is 10.6. The third-order valence-electron chi connectivity index (χ3n) is 3.26. The van der Waals surface area contributed by atoms with Crippen LogP contribution in [0.15, 0.2) is 41.1 Å². The molecule has 3 aromatic rings. The summed E-state index contributed by atoms with van der Waals surface area (Å²) in [5.74, 6) is 0.858. The van der Waals surface area contributed by atoms with Gasteiger partial charge in [0, 0.05) is 12.3 Å². The molecule has 3 rings (SSSR count). The molecule has 0 unspecified atom stereocenters. The molecule has 3 nitrogen and oxygen atoms in total. The molecule has 1 aromatic carbocycles. The first-order valence-corrected chi connectivity index (χ1v) is 6.27. The number of aromatic nitrogens is 2. The lowest BCUT2D eigenvalue weighted by atomic mass is 10.1. The fourth-order valence-corrected chi connectivity index (χ4v) is 2.42. The van der Waals surface area contributed by atoms with Crippen LogP contribution in [0.4, 0.5) is 0 Å². The van der Waals surface area contributed by atoms with Gasteiger partial charge in [-0.3, -0.25) is 0 Å². The lowest BCUT2D eigenvalue weighted by Gasteiger charge is -2.06. The molecule has 0 amide bonds. The van der Waals surface area contributed by atoms with Crippen molar-refractivity contribution in [3.05, 3.63) is 53.5 Å². The predicted octanol–water partition coefficient (Wildman–Crippen LogP) is 3.55. The summed E-state index contributed by atoms with van der Waals surface area (Å²) in [6.07, 6.45) is 3.16. The highest BCUT2D eigenvalue weighted by Gasteiger charge is 2.07. The molecule has 0 radical (unpaired) electrons. The number of hydrogen-bond acceptors (Lipinski definition) is 2. The van der Waals surface area contributed by atoms with Gasteiger partial charge in [0.25, 0.3) is 0 Å². The van der Waals surface area contributed by atoms with Crippen molar-refractivity contribution in [2.45, 2.75) is 26.8 Å². The molecule has 0 atom stereocenters. The van der Waals surface area contributed by atoms with Gasteiger partial charge in [-0.1, -0.05) is 30.3 Å². The summed E-state index contributed by atoms with van der Waals surface area (Å²) < 4.78 is 7.36. The molecule has 2 aromatic heterocycles. The normalized spacial score (nSPS) is 11.2. The zero-order valence-corrected chi connectivity index (χ0v) is 10.7. The van der Waals surface area contributed by atoms with Crippen LogP contribution in [0.25, 0.3) is 10.9 Å². The Kier molecular flexibility index (Phi) is 2.67. The van der Waals surface area contributed by atoms with Crippen molar-refractivity contribution in [2.24, 2.45) is 0 Å². The number of benzene rings is 1. The zero-order valence-electron chi connectivity index (χ0n) is 10.7. The van der Waals surface area contributed by atoms with E-state index in [2.05, 4.69) is 47.1 Å². The molecule has 0 saturated carbocycles. The van der Waals surface area contributed by atoms with Crippen molar-refractivity contribution in [1.29, 1.82) is 0 Å². The van der Waals surface area contributed by atoms with E-state index >= 15 is 0 Å². The van der Waals surface area contributed by atoms with Gasteiger partial charge in [0.1, 0.15) is 11.5 Å². The van der Waals surface area contributed by atoms with Gasteiger partial charge in [0.2, 0.25) is 0 Å². The van der Waals surface area contributed by atoms with E-state index in [0.717, 1.165) is 24.4 Å². The highest BCUT2D eigenvalue weighted by molar-refractivity contribution is 5.83. The van der Waals surface area contributed by atoms with E-state index in [-0.39, 0.29) is 0 Å². The first kappa shape index (κ1) is 11.1. The first-order chi connectivity index (χ1) is 8.78. The van der Waals surface area contributed by atoms with Gasteiger partial charge in [-0.15, -0.1) is 0 Å². The number of aryl methyl sites for hydroxylation is 2. The van der Waals surface area contributed by atoms with Gasteiger partial charge >= 0.3 is 0 Å². The van der Waals surface area contributed by atoms with Crippen LogP contribution >= 0.6 is 0 Å². The van der Waals surface area contributed by atoms with Gasteiger partial charge in [-0.25, -0.2) is 0 Å². The summed E-state index contributed by atoms with van der Waals surface area (Å²) in [5, 5.41) is 5.34. The van der Waals surface area contributed by atoms with E-state index in [9.17, 15) is 0 Å². The maximum absolute atomic E-state index is 5.12. The molecule has 0 N–H and O–H groups in total. The SMILES string of the molecule is CCc1cccc2ccn(Cc3cc(C)on3)c12. The second kappa shape index (κ2) is 4.33. The Morgan fingerprint density at radius 3 is 2.89 bits per heavy atom.